The first kappa shape index (κ1) is 16.2. The highest BCUT2D eigenvalue weighted by Gasteiger charge is 2.46. The van der Waals surface area contributed by atoms with Gasteiger partial charge in [-0.25, -0.2) is 9.80 Å². The van der Waals surface area contributed by atoms with Crippen LogP contribution >= 0.6 is 0 Å². The zero-order valence-corrected chi connectivity index (χ0v) is 14.6. The molecule has 2 N–H and O–H groups in total. The summed E-state index contributed by atoms with van der Waals surface area (Å²) in [6, 6.07) is 5.18. The Kier molecular flexibility index (Phi) is 3.48. The van der Waals surface area contributed by atoms with Gasteiger partial charge in [0, 0.05) is 31.6 Å². The SMILES string of the molecule is O=C1CCN(N2C(=O)c3cccc(N4CC5CCC4CN5)c3C2=O)C(=O)N1. The summed E-state index contributed by atoms with van der Waals surface area (Å²) in [6.45, 7) is 1.65. The van der Waals surface area contributed by atoms with Crippen molar-refractivity contribution in [2.45, 2.75) is 31.3 Å². The molecule has 1 aromatic rings. The van der Waals surface area contributed by atoms with Crippen LogP contribution in [0, 0.1) is 0 Å². The average molecular weight is 369 g/mol. The first-order chi connectivity index (χ1) is 13.0. The number of benzene rings is 1. The smallest absolute Gasteiger partial charge is 0.343 e. The molecule has 4 fully saturated rings. The number of amides is 5. The number of nitrogens with one attached hydrogen (secondary N) is 2. The summed E-state index contributed by atoms with van der Waals surface area (Å²) < 4.78 is 0. The van der Waals surface area contributed by atoms with Gasteiger partial charge in [0.05, 0.1) is 23.4 Å². The van der Waals surface area contributed by atoms with E-state index in [1.165, 1.54) is 0 Å². The van der Waals surface area contributed by atoms with Crippen molar-refractivity contribution < 1.29 is 19.2 Å². The number of piperidine rings is 2. The molecule has 2 bridgehead atoms. The lowest BCUT2D eigenvalue weighted by Gasteiger charge is -2.47. The van der Waals surface area contributed by atoms with Gasteiger partial charge in [-0.15, -0.1) is 0 Å². The van der Waals surface area contributed by atoms with Gasteiger partial charge in [0.15, 0.2) is 0 Å². The predicted molar refractivity (Wildman–Crippen MR) is 94.0 cm³/mol. The number of piperazine rings is 1. The maximum absolute atomic E-state index is 13.2. The molecule has 0 aromatic heterocycles. The number of anilines is 1. The van der Waals surface area contributed by atoms with E-state index in [4.69, 9.17) is 0 Å². The maximum Gasteiger partial charge on any atom is 0.343 e. The van der Waals surface area contributed by atoms with Gasteiger partial charge in [-0.05, 0) is 25.0 Å². The predicted octanol–water partition coefficient (Wildman–Crippen LogP) is 0.0801. The fourth-order valence-electron chi connectivity index (χ4n) is 4.46. The number of fused-ring (bicyclic) bond motifs is 4. The Labute approximate surface area is 155 Å². The van der Waals surface area contributed by atoms with E-state index in [0.717, 1.165) is 41.6 Å². The Morgan fingerprint density at radius 2 is 1.89 bits per heavy atom. The summed E-state index contributed by atoms with van der Waals surface area (Å²) in [5.41, 5.74) is 1.40. The van der Waals surface area contributed by atoms with E-state index in [9.17, 15) is 19.2 Å². The second-order valence-electron chi connectivity index (χ2n) is 7.34. The summed E-state index contributed by atoms with van der Waals surface area (Å²) in [5.74, 6) is -1.45. The minimum absolute atomic E-state index is 0.00377. The number of carbonyl (C=O) groups is 4. The van der Waals surface area contributed by atoms with E-state index >= 15 is 0 Å². The van der Waals surface area contributed by atoms with Crippen LogP contribution in [0.2, 0.25) is 0 Å². The largest absolute Gasteiger partial charge is 0.365 e. The number of urea groups is 1. The second kappa shape index (κ2) is 5.78. The Bertz CT molecular complexity index is 877. The lowest BCUT2D eigenvalue weighted by molar-refractivity contribution is -0.122. The van der Waals surface area contributed by atoms with Crippen molar-refractivity contribution >= 4 is 29.4 Å². The maximum atomic E-state index is 13.2. The Hall–Kier alpha value is -2.94. The molecule has 4 saturated heterocycles. The molecule has 9 nitrogen and oxygen atoms in total. The Morgan fingerprint density at radius 3 is 2.56 bits per heavy atom. The minimum Gasteiger partial charge on any atom is -0.365 e. The lowest BCUT2D eigenvalue weighted by Crippen LogP contribution is -2.61. The number of hydrazine groups is 1. The number of carbonyl (C=O) groups excluding carboxylic acids is 4. The molecular formula is C18H19N5O4. The minimum atomic E-state index is -0.747. The molecule has 5 amide bonds. The van der Waals surface area contributed by atoms with E-state index in [1.54, 1.807) is 12.1 Å². The quantitative estimate of drug-likeness (QED) is 0.716. The van der Waals surface area contributed by atoms with Gasteiger partial charge in [-0.3, -0.25) is 19.7 Å². The van der Waals surface area contributed by atoms with Crippen LogP contribution < -0.4 is 15.5 Å². The first-order valence-corrected chi connectivity index (χ1v) is 9.17. The third-order valence-corrected chi connectivity index (χ3v) is 5.80. The number of rotatable bonds is 2. The van der Waals surface area contributed by atoms with Crippen LogP contribution in [0.3, 0.4) is 0 Å². The van der Waals surface area contributed by atoms with Crippen LogP contribution in [0.1, 0.15) is 40.0 Å². The molecule has 27 heavy (non-hydrogen) atoms. The molecular weight excluding hydrogens is 350 g/mol. The molecule has 0 radical (unpaired) electrons. The van der Waals surface area contributed by atoms with Crippen molar-refractivity contribution in [3.8, 4) is 0 Å². The normalized spacial score (nSPS) is 27.3. The molecule has 140 valence electrons. The molecule has 5 aliphatic heterocycles. The Balaban J connectivity index is 1.52. The highest BCUT2D eigenvalue weighted by atomic mass is 16.2. The summed E-state index contributed by atoms with van der Waals surface area (Å²) in [6.07, 6.45) is 2.20. The molecule has 5 heterocycles. The first-order valence-electron chi connectivity index (χ1n) is 9.17. The van der Waals surface area contributed by atoms with Gasteiger partial charge in [0.25, 0.3) is 11.8 Å². The molecule has 5 aliphatic rings. The van der Waals surface area contributed by atoms with Crippen LogP contribution in [0.15, 0.2) is 18.2 Å². The third-order valence-electron chi connectivity index (χ3n) is 5.80. The van der Waals surface area contributed by atoms with Gasteiger partial charge < -0.3 is 10.2 Å². The van der Waals surface area contributed by atoms with E-state index in [2.05, 4.69) is 15.5 Å². The van der Waals surface area contributed by atoms with E-state index < -0.39 is 23.8 Å². The van der Waals surface area contributed by atoms with Crippen molar-refractivity contribution in [1.82, 2.24) is 20.7 Å². The van der Waals surface area contributed by atoms with Crippen molar-refractivity contribution in [2.24, 2.45) is 0 Å². The molecule has 2 unspecified atom stereocenters. The Morgan fingerprint density at radius 1 is 1.04 bits per heavy atom. The molecule has 6 rings (SSSR count). The standard InChI is InChI=1S/C18H19N5O4/c24-14-6-7-22(18(27)20-14)23-16(25)12-2-1-3-13(15(12)17(23)26)21-9-10-4-5-11(21)8-19-10/h1-3,10-11,19H,4-9H2,(H,20,24,27). The topological polar surface area (TPSA) is 102 Å². The van der Waals surface area contributed by atoms with E-state index in [1.807, 2.05) is 6.07 Å². The van der Waals surface area contributed by atoms with Gasteiger partial charge in [0.1, 0.15) is 0 Å². The fraction of sp³-hybridized carbons (Fsp3) is 0.444. The zero-order chi connectivity index (χ0) is 18.7. The molecule has 2 atom stereocenters. The zero-order valence-electron chi connectivity index (χ0n) is 14.6. The van der Waals surface area contributed by atoms with Crippen molar-refractivity contribution in [3.05, 3.63) is 29.3 Å². The van der Waals surface area contributed by atoms with Gasteiger partial charge in [0.2, 0.25) is 5.91 Å². The average Bonchev–Trinajstić information content (AvgIpc) is 2.94. The van der Waals surface area contributed by atoms with Crippen molar-refractivity contribution in [1.29, 1.82) is 0 Å². The lowest BCUT2D eigenvalue weighted by atomic mass is 9.91. The molecule has 0 spiro atoms. The molecule has 0 aliphatic carbocycles. The van der Waals surface area contributed by atoms with Crippen LogP contribution in [0.4, 0.5) is 10.5 Å². The van der Waals surface area contributed by atoms with Crippen molar-refractivity contribution in [2.75, 3.05) is 24.5 Å². The molecule has 1 aromatic carbocycles. The highest BCUT2D eigenvalue weighted by molar-refractivity contribution is 6.24. The number of hydrogen-bond acceptors (Lipinski definition) is 6. The summed E-state index contributed by atoms with van der Waals surface area (Å²) in [7, 11) is 0. The van der Waals surface area contributed by atoms with E-state index in [0.29, 0.717) is 17.2 Å². The summed E-state index contributed by atoms with van der Waals surface area (Å²) >= 11 is 0. The van der Waals surface area contributed by atoms with Crippen LogP contribution in [0.25, 0.3) is 0 Å². The highest BCUT2D eigenvalue weighted by Crippen LogP contribution is 2.36. The molecule has 0 saturated carbocycles. The fourth-order valence-corrected chi connectivity index (χ4v) is 4.46. The van der Waals surface area contributed by atoms with Crippen LogP contribution in [0.5, 0.6) is 0 Å². The summed E-state index contributed by atoms with van der Waals surface area (Å²) in [5, 5.41) is 7.54. The third kappa shape index (κ3) is 2.34. The van der Waals surface area contributed by atoms with Crippen molar-refractivity contribution in [3.63, 3.8) is 0 Å². The summed E-state index contributed by atoms with van der Waals surface area (Å²) in [4.78, 5) is 51.8. The number of nitrogens with zero attached hydrogens (tertiary/aromatic N) is 3. The second-order valence-corrected chi connectivity index (χ2v) is 7.34. The van der Waals surface area contributed by atoms with Gasteiger partial charge >= 0.3 is 6.03 Å². The number of hydrogen-bond donors (Lipinski definition) is 2. The van der Waals surface area contributed by atoms with Crippen LogP contribution in [-0.2, 0) is 4.79 Å². The van der Waals surface area contributed by atoms with Gasteiger partial charge in [-0.2, -0.15) is 5.01 Å². The monoisotopic (exact) mass is 369 g/mol. The molecule has 9 heteroatoms. The number of imide groups is 2. The van der Waals surface area contributed by atoms with Crippen LogP contribution in [-0.4, -0.2) is 65.5 Å². The van der Waals surface area contributed by atoms with Gasteiger partial charge in [-0.1, -0.05) is 6.07 Å². The van der Waals surface area contributed by atoms with E-state index in [-0.39, 0.29) is 19.0 Å².